The van der Waals surface area contributed by atoms with Gasteiger partial charge in [-0.1, -0.05) is 18.2 Å². The SMILES string of the molecule is COCc1c(C(=O)NNC(=O)c2cc(C)oc2C)oc2ccccc12. The van der Waals surface area contributed by atoms with E-state index in [2.05, 4.69) is 10.9 Å². The Morgan fingerprint density at radius 1 is 1.08 bits per heavy atom. The van der Waals surface area contributed by atoms with Crippen molar-refractivity contribution in [3.63, 3.8) is 0 Å². The Morgan fingerprint density at radius 2 is 1.80 bits per heavy atom. The van der Waals surface area contributed by atoms with E-state index in [1.54, 1.807) is 26.0 Å². The first-order valence-electron chi connectivity index (χ1n) is 7.68. The number of furan rings is 2. The van der Waals surface area contributed by atoms with E-state index in [1.807, 2.05) is 18.2 Å². The van der Waals surface area contributed by atoms with E-state index in [0.29, 0.717) is 28.2 Å². The Balaban J connectivity index is 1.79. The number of hydrazine groups is 1. The van der Waals surface area contributed by atoms with Gasteiger partial charge in [-0.25, -0.2) is 0 Å². The number of carbonyl (C=O) groups excluding carboxylic acids is 2. The second kappa shape index (κ2) is 6.82. The lowest BCUT2D eigenvalue weighted by atomic mass is 10.1. The van der Waals surface area contributed by atoms with Crippen LogP contribution in [0.3, 0.4) is 0 Å². The molecule has 0 saturated heterocycles. The number of carbonyl (C=O) groups is 2. The molecule has 2 aromatic heterocycles. The highest BCUT2D eigenvalue weighted by molar-refractivity contribution is 6.01. The second-order valence-electron chi connectivity index (χ2n) is 5.57. The van der Waals surface area contributed by atoms with Gasteiger partial charge in [-0.3, -0.25) is 20.4 Å². The molecule has 3 aromatic rings. The number of hydrogen-bond donors (Lipinski definition) is 2. The fourth-order valence-electron chi connectivity index (χ4n) is 2.66. The maximum absolute atomic E-state index is 12.4. The number of fused-ring (bicyclic) bond motifs is 1. The van der Waals surface area contributed by atoms with Gasteiger partial charge in [-0.05, 0) is 26.0 Å². The topological polar surface area (TPSA) is 93.7 Å². The number of para-hydroxylation sites is 1. The van der Waals surface area contributed by atoms with Gasteiger partial charge in [0.1, 0.15) is 17.1 Å². The van der Waals surface area contributed by atoms with Crippen LogP contribution in [0.4, 0.5) is 0 Å². The van der Waals surface area contributed by atoms with E-state index in [9.17, 15) is 9.59 Å². The number of methoxy groups -OCH3 is 1. The molecule has 0 atom stereocenters. The van der Waals surface area contributed by atoms with Crippen LogP contribution in [0.2, 0.25) is 0 Å². The minimum atomic E-state index is -0.561. The summed E-state index contributed by atoms with van der Waals surface area (Å²) in [5, 5.41) is 0.794. The zero-order valence-electron chi connectivity index (χ0n) is 14.1. The van der Waals surface area contributed by atoms with Crippen molar-refractivity contribution in [3.05, 3.63) is 58.7 Å². The minimum absolute atomic E-state index is 0.100. The van der Waals surface area contributed by atoms with Crippen molar-refractivity contribution in [2.24, 2.45) is 0 Å². The number of amides is 2. The maximum atomic E-state index is 12.4. The van der Waals surface area contributed by atoms with Crippen LogP contribution in [0.25, 0.3) is 11.0 Å². The van der Waals surface area contributed by atoms with Crippen LogP contribution in [0.15, 0.2) is 39.2 Å². The predicted molar refractivity (Wildman–Crippen MR) is 90.0 cm³/mol. The largest absolute Gasteiger partial charge is 0.466 e. The van der Waals surface area contributed by atoms with Crippen molar-refractivity contribution in [1.82, 2.24) is 10.9 Å². The van der Waals surface area contributed by atoms with Crippen molar-refractivity contribution in [1.29, 1.82) is 0 Å². The Labute approximate surface area is 143 Å². The highest BCUT2D eigenvalue weighted by atomic mass is 16.5. The molecule has 0 aliphatic carbocycles. The quantitative estimate of drug-likeness (QED) is 0.711. The lowest BCUT2D eigenvalue weighted by Crippen LogP contribution is -2.41. The zero-order valence-corrected chi connectivity index (χ0v) is 14.1. The Kier molecular flexibility index (Phi) is 4.58. The van der Waals surface area contributed by atoms with Crippen LogP contribution in [0, 0.1) is 13.8 Å². The van der Waals surface area contributed by atoms with Gasteiger partial charge in [-0.15, -0.1) is 0 Å². The molecule has 0 fully saturated rings. The molecule has 7 heteroatoms. The van der Waals surface area contributed by atoms with Gasteiger partial charge in [-0.2, -0.15) is 0 Å². The molecular formula is C18H18N2O5. The molecule has 0 bridgehead atoms. The number of aryl methyl sites for hydroxylation is 2. The first-order chi connectivity index (χ1) is 12.0. The van der Waals surface area contributed by atoms with Gasteiger partial charge in [0.15, 0.2) is 5.76 Å². The molecule has 7 nitrogen and oxygen atoms in total. The van der Waals surface area contributed by atoms with Gasteiger partial charge in [0, 0.05) is 18.1 Å². The first kappa shape index (κ1) is 16.8. The lowest BCUT2D eigenvalue weighted by molar-refractivity contribution is 0.0827. The summed E-state index contributed by atoms with van der Waals surface area (Å²) in [6.45, 7) is 3.64. The Morgan fingerprint density at radius 3 is 2.48 bits per heavy atom. The summed E-state index contributed by atoms with van der Waals surface area (Å²) in [5.41, 5.74) is 6.29. The minimum Gasteiger partial charge on any atom is -0.466 e. The molecule has 2 N–H and O–H groups in total. The number of nitrogens with one attached hydrogen (secondary N) is 2. The number of rotatable bonds is 4. The van der Waals surface area contributed by atoms with E-state index >= 15 is 0 Å². The van der Waals surface area contributed by atoms with Crippen molar-refractivity contribution in [2.45, 2.75) is 20.5 Å². The van der Waals surface area contributed by atoms with Crippen molar-refractivity contribution < 1.29 is 23.2 Å². The van der Waals surface area contributed by atoms with Crippen LogP contribution in [-0.2, 0) is 11.3 Å². The molecule has 0 saturated carbocycles. The molecule has 0 spiro atoms. The molecule has 0 aliphatic heterocycles. The summed E-state index contributed by atoms with van der Waals surface area (Å²) in [7, 11) is 1.54. The third kappa shape index (κ3) is 3.27. The third-order valence-corrected chi connectivity index (χ3v) is 3.77. The second-order valence-corrected chi connectivity index (χ2v) is 5.57. The molecule has 130 valence electrons. The Bertz CT molecular complexity index is 938. The van der Waals surface area contributed by atoms with Gasteiger partial charge in [0.05, 0.1) is 12.2 Å². The molecule has 0 radical (unpaired) electrons. The van der Waals surface area contributed by atoms with Crippen LogP contribution < -0.4 is 10.9 Å². The number of benzene rings is 1. The molecule has 2 amide bonds. The molecule has 2 heterocycles. The summed E-state index contributed by atoms with van der Waals surface area (Å²) in [6.07, 6.45) is 0. The fourth-order valence-corrected chi connectivity index (χ4v) is 2.66. The highest BCUT2D eigenvalue weighted by Crippen LogP contribution is 2.26. The van der Waals surface area contributed by atoms with Gasteiger partial charge < -0.3 is 13.6 Å². The van der Waals surface area contributed by atoms with Crippen LogP contribution in [0.1, 0.15) is 38.0 Å². The molecule has 25 heavy (non-hydrogen) atoms. The van der Waals surface area contributed by atoms with E-state index < -0.39 is 11.8 Å². The summed E-state index contributed by atoms with van der Waals surface area (Å²) >= 11 is 0. The average Bonchev–Trinajstić information content (AvgIpc) is 3.13. The molecular weight excluding hydrogens is 324 g/mol. The van der Waals surface area contributed by atoms with Crippen molar-refractivity contribution in [3.8, 4) is 0 Å². The molecule has 0 unspecified atom stereocenters. The van der Waals surface area contributed by atoms with E-state index in [0.717, 1.165) is 5.39 Å². The standard InChI is InChI=1S/C18H18N2O5/c1-10-8-13(11(2)24-10)17(21)19-20-18(22)16-14(9-23-3)12-6-4-5-7-15(12)25-16/h4-8H,9H2,1-3H3,(H,19,21)(H,20,22). The van der Waals surface area contributed by atoms with E-state index in [-0.39, 0.29) is 12.4 Å². The number of hydrogen-bond acceptors (Lipinski definition) is 5. The Hall–Kier alpha value is -3.06. The molecule has 3 rings (SSSR count). The van der Waals surface area contributed by atoms with Crippen LogP contribution in [-0.4, -0.2) is 18.9 Å². The average molecular weight is 342 g/mol. The monoisotopic (exact) mass is 342 g/mol. The molecule has 1 aromatic carbocycles. The summed E-state index contributed by atoms with van der Waals surface area (Å²) in [4.78, 5) is 24.6. The maximum Gasteiger partial charge on any atom is 0.305 e. The summed E-state index contributed by atoms with van der Waals surface area (Å²) < 4.78 is 16.1. The van der Waals surface area contributed by atoms with Crippen molar-refractivity contribution >= 4 is 22.8 Å². The van der Waals surface area contributed by atoms with Crippen LogP contribution in [0.5, 0.6) is 0 Å². The van der Waals surface area contributed by atoms with Crippen LogP contribution >= 0.6 is 0 Å². The molecule has 0 aliphatic rings. The summed E-state index contributed by atoms with van der Waals surface area (Å²) in [5.74, 6) is 0.173. The fraction of sp³-hybridized carbons (Fsp3) is 0.222. The van der Waals surface area contributed by atoms with Gasteiger partial charge in [0.2, 0.25) is 0 Å². The third-order valence-electron chi connectivity index (χ3n) is 3.77. The van der Waals surface area contributed by atoms with Crippen molar-refractivity contribution in [2.75, 3.05) is 7.11 Å². The van der Waals surface area contributed by atoms with E-state index in [4.69, 9.17) is 13.6 Å². The zero-order chi connectivity index (χ0) is 18.0. The normalized spacial score (nSPS) is 10.8. The first-order valence-corrected chi connectivity index (χ1v) is 7.68. The smallest absolute Gasteiger partial charge is 0.305 e. The highest BCUT2D eigenvalue weighted by Gasteiger charge is 2.21. The van der Waals surface area contributed by atoms with Gasteiger partial charge >= 0.3 is 5.91 Å². The lowest BCUT2D eigenvalue weighted by Gasteiger charge is -2.06. The van der Waals surface area contributed by atoms with Gasteiger partial charge in [0.25, 0.3) is 5.91 Å². The predicted octanol–water partition coefficient (Wildman–Crippen LogP) is 2.86. The number of ether oxygens (including phenoxy) is 1. The summed E-state index contributed by atoms with van der Waals surface area (Å²) in [6, 6.07) is 8.89. The van der Waals surface area contributed by atoms with E-state index in [1.165, 1.54) is 7.11 Å².